The number of aliphatic imine (C=N–C) groups is 1. The molecule has 1 aromatic carbocycles. The topological polar surface area (TPSA) is 33.6 Å². The van der Waals surface area contributed by atoms with Crippen LogP contribution in [0.4, 0.5) is 0 Å². The van der Waals surface area contributed by atoms with Crippen LogP contribution in [-0.4, -0.2) is 19.5 Å². The molecule has 0 fully saturated rings. The molecule has 1 aromatic rings. The Bertz CT molecular complexity index is 449. The van der Waals surface area contributed by atoms with Crippen molar-refractivity contribution in [2.45, 2.75) is 6.42 Å². The summed E-state index contributed by atoms with van der Waals surface area (Å²) in [6.07, 6.45) is 2.72. The Kier molecular flexibility index (Phi) is 1.95. The highest BCUT2D eigenvalue weighted by molar-refractivity contribution is 5.82. The highest BCUT2D eigenvalue weighted by atomic mass is 16.5. The van der Waals surface area contributed by atoms with E-state index in [0.717, 1.165) is 30.9 Å². The van der Waals surface area contributed by atoms with Gasteiger partial charge in [-0.15, -0.1) is 0 Å². The number of para-hydroxylation sites is 1. The monoisotopic (exact) mass is 200 g/mol. The maximum atomic E-state index is 5.70. The van der Waals surface area contributed by atoms with Crippen molar-refractivity contribution in [2.24, 2.45) is 4.99 Å². The van der Waals surface area contributed by atoms with Gasteiger partial charge in [0.1, 0.15) is 5.75 Å². The number of nitrogens with one attached hydrogen (secondary N) is 1. The molecule has 0 saturated heterocycles. The van der Waals surface area contributed by atoms with Crippen LogP contribution in [0.1, 0.15) is 12.0 Å². The molecule has 0 unspecified atom stereocenters. The zero-order valence-corrected chi connectivity index (χ0v) is 8.36. The fourth-order valence-electron chi connectivity index (χ4n) is 2.00. The third-order valence-electron chi connectivity index (χ3n) is 2.75. The van der Waals surface area contributed by atoms with E-state index in [1.54, 1.807) is 6.34 Å². The van der Waals surface area contributed by atoms with Crippen LogP contribution in [0.15, 0.2) is 34.8 Å². The van der Waals surface area contributed by atoms with Gasteiger partial charge in [-0.2, -0.15) is 0 Å². The maximum Gasteiger partial charge on any atom is 0.128 e. The molecule has 3 heteroatoms. The van der Waals surface area contributed by atoms with Crippen molar-refractivity contribution in [2.75, 3.05) is 13.2 Å². The molecule has 0 bridgehead atoms. The molecule has 2 aliphatic rings. The normalized spacial score (nSPS) is 18.4. The maximum absolute atomic E-state index is 5.70. The van der Waals surface area contributed by atoms with Gasteiger partial charge in [0.2, 0.25) is 0 Å². The highest BCUT2D eigenvalue weighted by Gasteiger charge is 2.18. The Morgan fingerprint density at radius 2 is 2.20 bits per heavy atom. The first-order valence-corrected chi connectivity index (χ1v) is 5.14. The van der Waals surface area contributed by atoms with Gasteiger partial charge in [0.15, 0.2) is 0 Å². The number of ether oxygens (including phenoxy) is 1. The van der Waals surface area contributed by atoms with Gasteiger partial charge in [0, 0.05) is 12.0 Å². The van der Waals surface area contributed by atoms with E-state index in [0.29, 0.717) is 0 Å². The van der Waals surface area contributed by atoms with Gasteiger partial charge in [0.25, 0.3) is 0 Å². The zero-order chi connectivity index (χ0) is 10.1. The van der Waals surface area contributed by atoms with E-state index in [9.17, 15) is 0 Å². The lowest BCUT2D eigenvalue weighted by atomic mass is 10.0. The van der Waals surface area contributed by atoms with Crippen molar-refractivity contribution >= 4 is 12.0 Å². The van der Waals surface area contributed by atoms with E-state index in [4.69, 9.17) is 4.74 Å². The Labute approximate surface area is 88.5 Å². The summed E-state index contributed by atoms with van der Waals surface area (Å²) in [4.78, 5) is 4.23. The fraction of sp³-hybridized carbons (Fsp3) is 0.250. The Balaban J connectivity index is 2.14. The van der Waals surface area contributed by atoms with E-state index in [2.05, 4.69) is 16.4 Å². The number of nitrogens with zero attached hydrogens (tertiary/aromatic N) is 1. The summed E-state index contributed by atoms with van der Waals surface area (Å²) in [6.45, 7) is 1.53. The summed E-state index contributed by atoms with van der Waals surface area (Å²) >= 11 is 0. The van der Waals surface area contributed by atoms with Gasteiger partial charge in [-0.3, -0.25) is 4.99 Å². The molecule has 0 radical (unpaired) electrons. The lowest BCUT2D eigenvalue weighted by molar-refractivity contribution is 0.323. The summed E-state index contributed by atoms with van der Waals surface area (Å²) in [7, 11) is 0. The number of rotatable bonds is 0. The average molecular weight is 200 g/mol. The molecule has 76 valence electrons. The Morgan fingerprint density at radius 3 is 3.20 bits per heavy atom. The van der Waals surface area contributed by atoms with Crippen molar-refractivity contribution in [1.29, 1.82) is 0 Å². The number of fused-ring (bicyclic) bond motifs is 2. The van der Waals surface area contributed by atoms with Gasteiger partial charge in [0.05, 0.1) is 25.2 Å². The minimum atomic E-state index is 0.743. The van der Waals surface area contributed by atoms with Gasteiger partial charge in [-0.1, -0.05) is 12.1 Å². The lowest BCUT2D eigenvalue weighted by Gasteiger charge is -2.15. The Morgan fingerprint density at radius 1 is 1.27 bits per heavy atom. The van der Waals surface area contributed by atoms with Crippen LogP contribution in [0.2, 0.25) is 0 Å². The zero-order valence-electron chi connectivity index (χ0n) is 8.36. The molecule has 0 aliphatic carbocycles. The smallest absolute Gasteiger partial charge is 0.128 e. The van der Waals surface area contributed by atoms with Crippen molar-refractivity contribution in [3.05, 3.63) is 35.4 Å². The van der Waals surface area contributed by atoms with Crippen LogP contribution in [0.3, 0.4) is 0 Å². The van der Waals surface area contributed by atoms with Crippen molar-refractivity contribution < 1.29 is 4.74 Å². The molecule has 0 spiro atoms. The lowest BCUT2D eigenvalue weighted by Crippen LogP contribution is -2.17. The summed E-state index contributed by atoms with van der Waals surface area (Å²) in [5, 5.41) is 3.23. The van der Waals surface area contributed by atoms with Crippen LogP contribution < -0.4 is 10.1 Å². The van der Waals surface area contributed by atoms with E-state index >= 15 is 0 Å². The first-order valence-electron chi connectivity index (χ1n) is 5.14. The number of hydrogen-bond donors (Lipinski definition) is 1. The minimum Gasteiger partial charge on any atom is -0.493 e. The summed E-state index contributed by atoms with van der Waals surface area (Å²) in [6, 6.07) is 8.13. The number of hydrogen-bond acceptors (Lipinski definition) is 3. The third-order valence-corrected chi connectivity index (χ3v) is 2.75. The standard InChI is InChI=1S/C12H12N2O/c1-2-4-11-10(3-1)12-9(5-6-15-11)7-13-8-14-12/h1-4,8H,5-7H2,(H,13,14). The first kappa shape index (κ1) is 8.53. The number of benzene rings is 1. The van der Waals surface area contributed by atoms with Gasteiger partial charge >= 0.3 is 0 Å². The van der Waals surface area contributed by atoms with E-state index in [1.165, 1.54) is 11.3 Å². The van der Waals surface area contributed by atoms with E-state index in [1.807, 2.05) is 18.2 Å². The largest absolute Gasteiger partial charge is 0.493 e. The molecule has 1 N–H and O–H groups in total. The molecule has 0 saturated carbocycles. The van der Waals surface area contributed by atoms with E-state index in [-0.39, 0.29) is 0 Å². The van der Waals surface area contributed by atoms with Crippen molar-refractivity contribution in [1.82, 2.24) is 5.32 Å². The summed E-state index contributed by atoms with van der Waals surface area (Å²) < 4.78 is 5.70. The first-order chi connectivity index (χ1) is 7.45. The molecule has 3 rings (SSSR count). The minimum absolute atomic E-state index is 0.743. The second-order valence-corrected chi connectivity index (χ2v) is 3.69. The molecule has 0 aromatic heterocycles. The van der Waals surface area contributed by atoms with Crippen LogP contribution in [-0.2, 0) is 0 Å². The third kappa shape index (κ3) is 1.40. The molecule has 0 atom stereocenters. The highest BCUT2D eigenvalue weighted by Crippen LogP contribution is 2.31. The molecule has 15 heavy (non-hydrogen) atoms. The molecular formula is C12H12N2O. The quantitative estimate of drug-likeness (QED) is 0.693. The van der Waals surface area contributed by atoms with Crippen LogP contribution in [0, 0.1) is 0 Å². The molecule has 3 nitrogen and oxygen atoms in total. The summed E-state index contributed by atoms with van der Waals surface area (Å²) in [5.74, 6) is 0.963. The SMILES string of the molecule is C1=NCC2=C(N1)c1ccccc1OCC2. The molecule has 0 amide bonds. The molecule has 2 aliphatic heterocycles. The fourth-order valence-corrected chi connectivity index (χ4v) is 2.00. The van der Waals surface area contributed by atoms with Gasteiger partial charge < -0.3 is 10.1 Å². The Hall–Kier alpha value is -1.77. The second kappa shape index (κ2) is 3.42. The van der Waals surface area contributed by atoms with Gasteiger partial charge in [-0.25, -0.2) is 0 Å². The second-order valence-electron chi connectivity index (χ2n) is 3.69. The molecular weight excluding hydrogens is 188 g/mol. The summed E-state index contributed by atoms with van der Waals surface area (Å²) in [5.41, 5.74) is 3.66. The van der Waals surface area contributed by atoms with Crippen LogP contribution >= 0.6 is 0 Å². The van der Waals surface area contributed by atoms with Crippen molar-refractivity contribution in [3.63, 3.8) is 0 Å². The predicted molar refractivity (Wildman–Crippen MR) is 60.0 cm³/mol. The van der Waals surface area contributed by atoms with E-state index < -0.39 is 0 Å². The predicted octanol–water partition coefficient (Wildman–Crippen LogP) is 1.81. The average Bonchev–Trinajstić information content (AvgIpc) is 2.48. The van der Waals surface area contributed by atoms with Crippen molar-refractivity contribution in [3.8, 4) is 5.75 Å². The van der Waals surface area contributed by atoms with Gasteiger partial charge in [-0.05, 0) is 17.7 Å². The molecule has 2 heterocycles. The van der Waals surface area contributed by atoms with Crippen LogP contribution in [0.25, 0.3) is 5.70 Å². The van der Waals surface area contributed by atoms with Crippen LogP contribution in [0.5, 0.6) is 5.75 Å².